The fraction of sp³-hybridized carbons (Fsp3) is 0.286. The topological polar surface area (TPSA) is 61.8 Å². The number of aliphatic imine (C=N–C) groups is 1. The van der Waals surface area contributed by atoms with Gasteiger partial charge in [0, 0.05) is 19.2 Å². The van der Waals surface area contributed by atoms with E-state index in [-0.39, 0.29) is 18.0 Å². The number of hydrogen-bond acceptors (Lipinski definition) is 4. The first-order chi connectivity index (χ1) is 14.0. The van der Waals surface area contributed by atoms with Gasteiger partial charge in [-0.25, -0.2) is 4.99 Å². The van der Waals surface area contributed by atoms with Crippen LogP contribution in [-0.4, -0.2) is 34.2 Å². The molecule has 1 aliphatic heterocycles. The maximum Gasteiger partial charge on any atom is 0.416 e. The van der Waals surface area contributed by atoms with Gasteiger partial charge in [0.05, 0.1) is 11.3 Å². The summed E-state index contributed by atoms with van der Waals surface area (Å²) in [6.07, 6.45) is -4.67. The number of thioether (sulfide) groups is 1. The van der Waals surface area contributed by atoms with Crippen molar-refractivity contribution < 1.29 is 22.8 Å². The average molecular weight is 435 g/mol. The minimum atomic E-state index is -4.50. The molecule has 2 aromatic carbocycles. The first-order valence-corrected chi connectivity index (χ1v) is 10.00. The van der Waals surface area contributed by atoms with Crippen LogP contribution in [0.2, 0.25) is 0 Å². The number of benzene rings is 2. The molecule has 0 aromatic heterocycles. The summed E-state index contributed by atoms with van der Waals surface area (Å²) in [4.78, 5) is 30.7. The molecular weight excluding hydrogens is 415 g/mol. The molecule has 0 aliphatic carbocycles. The third kappa shape index (κ3) is 5.02. The lowest BCUT2D eigenvalue weighted by Gasteiger charge is -2.11. The molecule has 158 valence electrons. The van der Waals surface area contributed by atoms with Crippen LogP contribution in [0.25, 0.3) is 0 Å². The van der Waals surface area contributed by atoms with Gasteiger partial charge in [0.2, 0.25) is 11.8 Å². The number of amides is 2. The molecule has 0 radical (unpaired) electrons. The third-order valence-electron chi connectivity index (χ3n) is 4.70. The molecule has 2 amide bonds. The minimum absolute atomic E-state index is 0.0302. The summed E-state index contributed by atoms with van der Waals surface area (Å²) in [5, 5.41) is 2.22. The molecule has 1 N–H and O–H groups in total. The molecule has 9 heteroatoms. The van der Waals surface area contributed by atoms with Gasteiger partial charge in [-0.3, -0.25) is 14.5 Å². The maximum absolute atomic E-state index is 12.8. The monoisotopic (exact) mass is 435 g/mol. The molecule has 1 atom stereocenters. The molecule has 1 heterocycles. The van der Waals surface area contributed by atoms with Crippen LogP contribution in [0.5, 0.6) is 0 Å². The summed E-state index contributed by atoms with van der Waals surface area (Å²) in [7, 11) is 1.58. The van der Waals surface area contributed by atoms with E-state index in [1.807, 2.05) is 32.0 Å². The lowest BCUT2D eigenvalue weighted by molar-refractivity contribution is -0.137. The summed E-state index contributed by atoms with van der Waals surface area (Å²) in [5.74, 6) is -0.817. The van der Waals surface area contributed by atoms with Crippen molar-refractivity contribution in [1.29, 1.82) is 0 Å². The van der Waals surface area contributed by atoms with Crippen LogP contribution in [0.1, 0.15) is 23.1 Å². The van der Waals surface area contributed by atoms with E-state index in [2.05, 4.69) is 10.3 Å². The van der Waals surface area contributed by atoms with Crippen LogP contribution >= 0.6 is 11.8 Å². The highest BCUT2D eigenvalue weighted by atomic mass is 32.2. The van der Waals surface area contributed by atoms with E-state index in [0.717, 1.165) is 35.0 Å². The molecule has 3 rings (SSSR count). The number of carbonyl (C=O) groups excluding carboxylic acids is 2. The highest BCUT2D eigenvalue weighted by Gasteiger charge is 2.37. The molecular formula is C21H20F3N3O2S. The Morgan fingerprint density at radius 3 is 2.57 bits per heavy atom. The first-order valence-electron chi connectivity index (χ1n) is 9.12. The second kappa shape index (κ2) is 8.51. The second-order valence-corrected chi connectivity index (χ2v) is 8.17. The normalized spacial score (nSPS) is 18.2. The molecule has 30 heavy (non-hydrogen) atoms. The molecule has 1 saturated heterocycles. The zero-order chi connectivity index (χ0) is 22.1. The number of alkyl halides is 3. The van der Waals surface area contributed by atoms with Crippen LogP contribution < -0.4 is 5.32 Å². The number of aryl methyl sites for hydroxylation is 2. The standard InChI is InChI=1S/C21H20F3N3O2S/c1-12-7-8-16(9-13(12)2)26-20-27(3)19(29)17(30-20)11-18(28)25-15-6-4-5-14(10-15)21(22,23)24/h4-10,17H,11H2,1-3H3,(H,25,28). The molecule has 2 aromatic rings. The smallest absolute Gasteiger partial charge is 0.326 e. The predicted octanol–water partition coefficient (Wildman–Crippen LogP) is 4.91. The Morgan fingerprint density at radius 2 is 1.90 bits per heavy atom. The van der Waals surface area contributed by atoms with Crippen molar-refractivity contribution in [2.75, 3.05) is 12.4 Å². The van der Waals surface area contributed by atoms with Gasteiger partial charge in [-0.2, -0.15) is 13.2 Å². The molecule has 0 saturated carbocycles. The highest BCUT2D eigenvalue weighted by Crippen LogP contribution is 2.32. The van der Waals surface area contributed by atoms with Gasteiger partial charge in [0.25, 0.3) is 0 Å². The van der Waals surface area contributed by atoms with Crippen molar-refractivity contribution in [2.24, 2.45) is 4.99 Å². The summed E-state index contributed by atoms with van der Waals surface area (Å²) >= 11 is 1.16. The Hall–Kier alpha value is -2.81. The highest BCUT2D eigenvalue weighted by molar-refractivity contribution is 8.15. The number of carbonyl (C=O) groups is 2. The summed E-state index contributed by atoms with van der Waals surface area (Å²) in [6.45, 7) is 3.96. The molecule has 0 spiro atoms. The molecule has 1 unspecified atom stereocenters. The van der Waals surface area contributed by atoms with Gasteiger partial charge in [-0.15, -0.1) is 0 Å². The van der Waals surface area contributed by atoms with E-state index in [0.29, 0.717) is 10.9 Å². The van der Waals surface area contributed by atoms with Crippen molar-refractivity contribution in [3.05, 3.63) is 59.2 Å². The van der Waals surface area contributed by atoms with E-state index in [4.69, 9.17) is 0 Å². The second-order valence-electron chi connectivity index (χ2n) is 7.00. The van der Waals surface area contributed by atoms with Crippen LogP contribution in [0, 0.1) is 13.8 Å². The van der Waals surface area contributed by atoms with E-state index in [1.165, 1.54) is 17.0 Å². The van der Waals surface area contributed by atoms with Crippen LogP contribution in [0.3, 0.4) is 0 Å². The SMILES string of the molecule is Cc1ccc(N=C2SC(CC(=O)Nc3cccc(C(F)(F)F)c3)C(=O)N2C)cc1C. The largest absolute Gasteiger partial charge is 0.416 e. The molecule has 5 nitrogen and oxygen atoms in total. The van der Waals surface area contributed by atoms with Crippen molar-refractivity contribution in [2.45, 2.75) is 31.7 Å². The van der Waals surface area contributed by atoms with Crippen molar-refractivity contribution in [3.63, 3.8) is 0 Å². The first kappa shape index (κ1) is 21.9. The van der Waals surface area contributed by atoms with Crippen molar-refractivity contribution in [1.82, 2.24) is 4.90 Å². The minimum Gasteiger partial charge on any atom is -0.326 e. The van der Waals surface area contributed by atoms with E-state index < -0.39 is 22.9 Å². The summed E-state index contributed by atoms with van der Waals surface area (Å²) < 4.78 is 38.5. The number of rotatable bonds is 4. The third-order valence-corrected chi connectivity index (χ3v) is 5.93. The Bertz CT molecular complexity index is 1020. The van der Waals surface area contributed by atoms with Crippen LogP contribution in [0.15, 0.2) is 47.5 Å². The summed E-state index contributed by atoms with van der Waals surface area (Å²) in [6, 6.07) is 10.1. The lowest BCUT2D eigenvalue weighted by Crippen LogP contribution is -2.30. The fourth-order valence-corrected chi connectivity index (χ4v) is 4.01. The molecule has 1 fully saturated rings. The van der Waals surface area contributed by atoms with E-state index in [1.54, 1.807) is 7.05 Å². The number of nitrogens with zero attached hydrogens (tertiary/aromatic N) is 2. The Labute approximate surface area is 176 Å². The van der Waals surface area contributed by atoms with Gasteiger partial charge in [-0.1, -0.05) is 23.9 Å². The van der Waals surface area contributed by atoms with Gasteiger partial charge in [0.1, 0.15) is 5.25 Å². The van der Waals surface area contributed by atoms with Crippen LogP contribution in [0.4, 0.5) is 24.5 Å². The van der Waals surface area contributed by atoms with Gasteiger partial charge in [0.15, 0.2) is 5.17 Å². The zero-order valence-corrected chi connectivity index (χ0v) is 17.4. The predicted molar refractivity (Wildman–Crippen MR) is 112 cm³/mol. The van der Waals surface area contributed by atoms with E-state index >= 15 is 0 Å². The Morgan fingerprint density at radius 1 is 1.17 bits per heavy atom. The zero-order valence-electron chi connectivity index (χ0n) is 16.6. The number of halogens is 3. The fourth-order valence-electron chi connectivity index (χ4n) is 2.86. The molecule has 0 bridgehead atoms. The van der Waals surface area contributed by atoms with Crippen molar-refractivity contribution in [3.8, 4) is 0 Å². The van der Waals surface area contributed by atoms with E-state index in [9.17, 15) is 22.8 Å². The van der Waals surface area contributed by atoms with Crippen molar-refractivity contribution >= 4 is 40.1 Å². The summed E-state index contributed by atoms with van der Waals surface area (Å²) in [5.41, 5.74) is 2.09. The number of amidine groups is 1. The van der Waals surface area contributed by atoms with Gasteiger partial charge >= 0.3 is 6.18 Å². The average Bonchev–Trinajstić information content (AvgIpc) is 2.92. The number of hydrogen-bond donors (Lipinski definition) is 1. The number of nitrogens with one attached hydrogen (secondary N) is 1. The maximum atomic E-state index is 12.8. The lowest BCUT2D eigenvalue weighted by atomic mass is 10.1. The Balaban J connectivity index is 1.68. The van der Waals surface area contributed by atoms with Gasteiger partial charge in [-0.05, 0) is 55.3 Å². The Kier molecular flexibility index (Phi) is 6.21. The quantitative estimate of drug-likeness (QED) is 0.742. The number of anilines is 1. The van der Waals surface area contributed by atoms with Crippen LogP contribution in [-0.2, 0) is 15.8 Å². The van der Waals surface area contributed by atoms with Gasteiger partial charge < -0.3 is 5.32 Å². The molecule has 1 aliphatic rings.